The van der Waals surface area contributed by atoms with Crippen molar-refractivity contribution in [2.24, 2.45) is 0 Å². The number of H-pyrrole nitrogens is 1. The van der Waals surface area contributed by atoms with Gasteiger partial charge < -0.3 is 25.5 Å². The van der Waals surface area contributed by atoms with Crippen molar-refractivity contribution >= 4 is 22.6 Å². The van der Waals surface area contributed by atoms with E-state index < -0.39 is 6.10 Å². The Morgan fingerprint density at radius 2 is 2.12 bits per heavy atom. The van der Waals surface area contributed by atoms with Crippen LogP contribution in [0.4, 0.5) is 10.5 Å². The molecular weight excluding hydrogens is 318 g/mol. The largest absolute Gasteiger partial charge is 0.491 e. The van der Waals surface area contributed by atoms with Gasteiger partial charge in [-0.05, 0) is 48.9 Å². The van der Waals surface area contributed by atoms with Gasteiger partial charge in [0, 0.05) is 29.3 Å². The first kappa shape index (κ1) is 16.9. The van der Waals surface area contributed by atoms with Crippen LogP contribution in [0.15, 0.2) is 54.7 Å². The molecule has 3 aromatic rings. The van der Waals surface area contributed by atoms with Crippen molar-refractivity contribution in [3.63, 3.8) is 0 Å². The summed E-state index contributed by atoms with van der Waals surface area (Å²) in [7, 11) is 0. The zero-order valence-corrected chi connectivity index (χ0v) is 14.0. The maximum atomic E-state index is 11.9. The van der Waals surface area contributed by atoms with Gasteiger partial charge in [0.1, 0.15) is 18.5 Å². The van der Waals surface area contributed by atoms with Crippen molar-refractivity contribution in [2.45, 2.75) is 13.0 Å². The Morgan fingerprint density at radius 3 is 2.96 bits per heavy atom. The number of aliphatic hydroxyl groups is 1. The van der Waals surface area contributed by atoms with Crippen molar-refractivity contribution in [3.05, 3.63) is 60.3 Å². The molecule has 0 aliphatic heterocycles. The van der Waals surface area contributed by atoms with Crippen LogP contribution in [0.3, 0.4) is 0 Å². The summed E-state index contributed by atoms with van der Waals surface area (Å²) in [6, 6.07) is 14.7. The first-order valence-electron chi connectivity index (χ1n) is 8.10. The van der Waals surface area contributed by atoms with Crippen LogP contribution in [-0.4, -0.2) is 35.4 Å². The lowest BCUT2D eigenvalue weighted by Crippen LogP contribution is -2.37. The van der Waals surface area contributed by atoms with Gasteiger partial charge in [0.15, 0.2) is 0 Å². The summed E-state index contributed by atoms with van der Waals surface area (Å²) < 4.78 is 5.51. The summed E-state index contributed by atoms with van der Waals surface area (Å²) in [5.41, 5.74) is 2.79. The fraction of sp³-hybridized carbons (Fsp3) is 0.211. The van der Waals surface area contributed by atoms with E-state index in [2.05, 4.69) is 15.6 Å². The molecule has 0 spiro atoms. The predicted octanol–water partition coefficient (Wildman–Crippen LogP) is 3.04. The number of rotatable bonds is 6. The Bertz CT molecular complexity index is 860. The zero-order chi connectivity index (χ0) is 17.6. The fourth-order valence-corrected chi connectivity index (χ4v) is 2.47. The van der Waals surface area contributed by atoms with E-state index >= 15 is 0 Å². The Labute approximate surface area is 145 Å². The van der Waals surface area contributed by atoms with Crippen LogP contribution in [0.1, 0.15) is 5.56 Å². The number of carbonyl (C=O) groups excluding carboxylic acids is 1. The third-order valence-corrected chi connectivity index (χ3v) is 3.74. The minimum absolute atomic E-state index is 0.101. The second-order valence-corrected chi connectivity index (χ2v) is 5.90. The first-order chi connectivity index (χ1) is 12.1. The van der Waals surface area contributed by atoms with Crippen LogP contribution in [0.25, 0.3) is 10.9 Å². The molecule has 0 saturated carbocycles. The van der Waals surface area contributed by atoms with Crippen LogP contribution in [-0.2, 0) is 0 Å². The van der Waals surface area contributed by atoms with Crippen LogP contribution < -0.4 is 15.4 Å². The topological polar surface area (TPSA) is 86.4 Å². The van der Waals surface area contributed by atoms with E-state index in [-0.39, 0.29) is 19.2 Å². The van der Waals surface area contributed by atoms with Crippen molar-refractivity contribution in [1.82, 2.24) is 10.3 Å². The Morgan fingerprint density at radius 1 is 1.24 bits per heavy atom. The standard InChI is InChI=1S/C19H21N3O3/c1-13-3-2-4-17(9-13)25-12-16(23)11-21-19(24)22-15-5-6-18-14(10-15)7-8-20-18/h2-10,16,20,23H,11-12H2,1H3,(H2,21,22,24). The van der Waals surface area contributed by atoms with Crippen molar-refractivity contribution in [1.29, 1.82) is 0 Å². The van der Waals surface area contributed by atoms with E-state index in [1.165, 1.54) is 0 Å². The monoisotopic (exact) mass is 339 g/mol. The minimum Gasteiger partial charge on any atom is -0.491 e. The molecule has 0 bridgehead atoms. The molecule has 6 heteroatoms. The van der Waals surface area contributed by atoms with Crippen molar-refractivity contribution < 1.29 is 14.6 Å². The van der Waals surface area contributed by atoms with Gasteiger partial charge in [0.25, 0.3) is 0 Å². The summed E-state index contributed by atoms with van der Waals surface area (Å²) in [5.74, 6) is 0.698. The molecule has 0 saturated heterocycles. The molecule has 2 aromatic carbocycles. The lowest BCUT2D eigenvalue weighted by molar-refractivity contribution is 0.108. The molecule has 3 rings (SSSR count). The molecule has 1 unspecified atom stereocenters. The molecule has 1 heterocycles. The second-order valence-electron chi connectivity index (χ2n) is 5.90. The van der Waals surface area contributed by atoms with Gasteiger partial charge in [0.05, 0.1) is 0 Å². The Hall–Kier alpha value is -2.99. The molecule has 1 aromatic heterocycles. The summed E-state index contributed by atoms with van der Waals surface area (Å²) in [4.78, 5) is 15.0. The molecule has 1 atom stereocenters. The van der Waals surface area contributed by atoms with Gasteiger partial charge in [-0.1, -0.05) is 12.1 Å². The highest BCUT2D eigenvalue weighted by Gasteiger charge is 2.09. The SMILES string of the molecule is Cc1cccc(OCC(O)CNC(=O)Nc2ccc3[nH]ccc3c2)c1. The van der Waals surface area contributed by atoms with E-state index in [9.17, 15) is 9.90 Å². The minimum atomic E-state index is -0.793. The maximum Gasteiger partial charge on any atom is 0.319 e. The molecule has 0 radical (unpaired) electrons. The average Bonchev–Trinajstić information content (AvgIpc) is 3.06. The predicted molar refractivity (Wildman–Crippen MR) is 98.0 cm³/mol. The number of fused-ring (bicyclic) bond motifs is 1. The van der Waals surface area contributed by atoms with E-state index in [4.69, 9.17) is 4.74 Å². The van der Waals surface area contributed by atoms with Gasteiger partial charge in [-0.25, -0.2) is 4.79 Å². The summed E-state index contributed by atoms with van der Waals surface area (Å²) in [5, 5.41) is 16.3. The molecule has 0 aliphatic carbocycles. The molecule has 130 valence electrons. The quantitative estimate of drug-likeness (QED) is 0.557. The average molecular weight is 339 g/mol. The number of aliphatic hydroxyl groups excluding tert-OH is 1. The smallest absolute Gasteiger partial charge is 0.319 e. The van der Waals surface area contributed by atoms with Crippen molar-refractivity contribution in [3.8, 4) is 5.75 Å². The van der Waals surface area contributed by atoms with Gasteiger partial charge in [-0.3, -0.25) is 0 Å². The van der Waals surface area contributed by atoms with Gasteiger partial charge in [-0.15, -0.1) is 0 Å². The molecule has 0 aliphatic rings. The summed E-state index contributed by atoms with van der Waals surface area (Å²) in [6.07, 6.45) is 1.05. The number of ether oxygens (including phenoxy) is 1. The summed E-state index contributed by atoms with van der Waals surface area (Å²) >= 11 is 0. The van der Waals surface area contributed by atoms with Crippen LogP contribution in [0.5, 0.6) is 5.75 Å². The van der Waals surface area contributed by atoms with Crippen LogP contribution in [0, 0.1) is 6.92 Å². The molecular formula is C19H21N3O3. The number of anilines is 1. The number of carbonyl (C=O) groups is 1. The first-order valence-corrected chi connectivity index (χ1v) is 8.10. The number of nitrogens with one attached hydrogen (secondary N) is 3. The fourth-order valence-electron chi connectivity index (χ4n) is 2.47. The highest BCUT2D eigenvalue weighted by molar-refractivity contribution is 5.92. The molecule has 0 fully saturated rings. The third-order valence-electron chi connectivity index (χ3n) is 3.74. The van der Waals surface area contributed by atoms with Crippen molar-refractivity contribution in [2.75, 3.05) is 18.5 Å². The number of amides is 2. The number of aromatic amines is 1. The van der Waals surface area contributed by atoms with E-state index in [0.717, 1.165) is 16.5 Å². The Kier molecular flexibility index (Phi) is 5.20. The number of hydrogen-bond acceptors (Lipinski definition) is 3. The highest BCUT2D eigenvalue weighted by atomic mass is 16.5. The maximum absolute atomic E-state index is 11.9. The summed E-state index contributed by atoms with van der Waals surface area (Å²) in [6.45, 7) is 2.18. The zero-order valence-electron chi connectivity index (χ0n) is 14.0. The number of benzene rings is 2. The van der Waals surface area contributed by atoms with E-state index in [1.807, 2.05) is 61.7 Å². The van der Waals surface area contributed by atoms with Gasteiger partial charge in [-0.2, -0.15) is 0 Å². The normalized spacial score (nSPS) is 11.9. The molecule has 6 nitrogen and oxygen atoms in total. The van der Waals surface area contributed by atoms with E-state index in [1.54, 1.807) is 0 Å². The number of hydrogen-bond donors (Lipinski definition) is 4. The van der Waals surface area contributed by atoms with E-state index in [0.29, 0.717) is 11.4 Å². The molecule has 4 N–H and O–H groups in total. The number of aromatic nitrogens is 1. The lowest BCUT2D eigenvalue weighted by atomic mass is 10.2. The van der Waals surface area contributed by atoms with Crippen LogP contribution in [0.2, 0.25) is 0 Å². The second kappa shape index (κ2) is 7.72. The van der Waals surface area contributed by atoms with Crippen LogP contribution >= 0.6 is 0 Å². The number of urea groups is 1. The molecule has 2 amide bonds. The molecule has 25 heavy (non-hydrogen) atoms. The lowest BCUT2D eigenvalue weighted by Gasteiger charge is -2.14. The number of aryl methyl sites for hydroxylation is 1. The van der Waals surface area contributed by atoms with Gasteiger partial charge in [0.2, 0.25) is 0 Å². The van der Waals surface area contributed by atoms with Gasteiger partial charge >= 0.3 is 6.03 Å². The Balaban J connectivity index is 1.43. The third kappa shape index (κ3) is 4.74. The highest BCUT2D eigenvalue weighted by Crippen LogP contribution is 2.17.